The summed E-state index contributed by atoms with van der Waals surface area (Å²) in [5.41, 5.74) is 1.40. The van der Waals surface area contributed by atoms with Crippen LogP contribution in [0.1, 0.15) is 29.3 Å². The van der Waals surface area contributed by atoms with Gasteiger partial charge in [0, 0.05) is 32.1 Å². The zero-order chi connectivity index (χ0) is 20.6. The lowest BCUT2D eigenvalue weighted by Crippen LogP contribution is -2.32. The number of benzene rings is 1. The van der Waals surface area contributed by atoms with Crippen LogP contribution in [0.3, 0.4) is 0 Å². The normalized spacial score (nSPS) is 11.6. The third-order valence-corrected chi connectivity index (χ3v) is 7.02. The van der Waals surface area contributed by atoms with Crippen molar-refractivity contribution in [2.75, 3.05) is 25.9 Å². The molecule has 1 aromatic carbocycles. The fraction of sp³-hybridized carbons (Fsp3) is 0.368. The van der Waals surface area contributed by atoms with Gasteiger partial charge in [0.15, 0.2) is 0 Å². The van der Waals surface area contributed by atoms with Gasteiger partial charge in [0.1, 0.15) is 10.8 Å². The average Bonchev–Trinajstić information content (AvgIpc) is 2.70. The predicted molar refractivity (Wildman–Crippen MR) is 109 cm³/mol. The van der Waals surface area contributed by atoms with Crippen molar-refractivity contribution >= 4 is 27.7 Å². The Balaban J connectivity index is 1.88. The lowest BCUT2D eigenvalue weighted by Gasteiger charge is -2.16. The van der Waals surface area contributed by atoms with E-state index in [9.17, 15) is 17.6 Å². The van der Waals surface area contributed by atoms with Crippen LogP contribution in [0.4, 0.5) is 4.39 Å². The Bertz CT molecular complexity index is 890. The van der Waals surface area contributed by atoms with Crippen molar-refractivity contribution < 1.29 is 17.6 Å². The lowest BCUT2D eigenvalue weighted by molar-refractivity contribution is 0.0949. The maximum Gasteiger partial charge on any atom is 0.254 e. The molecule has 0 aliphatic rings. The largest absolute Gasteiger partial charge is 0.352 e. The lowest BCUT2D eigenvalue weighted by atomic mass is 10.2. The van der Waals surface area contributed by atoms with Crippen LogP contribution in [0.15, 0.2) is 47.6 Å². The molecular formula is C19H24FN3O3S2. The number of carbonyl (C=O) groups is 1. The van der Waals surface area contributed by atoms with Gasteiger partial charge in [-0.05, 0) is 43.2 Å². The number of nitrogens with one attached hydrogen (secondary N) is 1. The average molecular weight is 426 g/mol. The van der Waals surface area contributed by atoms with E-state index in [1.807, 2.05) is 0 Å². The smallest absolute Gasteiger partial charge is 0.254 e. The molecule has 1 heterocycles. The highest BCUT2D eigenvalue weighted by atomic mass is 32.2. The highest BCUT2D eigenvalue weighted by molar-refractivity contribution is 7.98. The first-order valence-electron chi connectivity index (χ1n) is 8.88. The summed E-state index contributed by atoms with van der Waals surface area (Å²) in [6.45, 7) is 2.30. The summed E-state index contributed by atoms with van der Waals surface area (Å²) in [5.74, 6) is 0.0805. The van der Waals surface area contributed by atoms with Crippen molar-refractivity contribution in [2.45, 2.75) is 24.1 Å². The maximum absolute atomic E-state index is 13.0. The van der Waals surface area contributed by atoms with E-state index in [4.69, 9.17) is 0 Å². The van der Waals surface area contributed by atoms with Gasteiger partial charge in [-0.2, -0.15) is 0 Å². The van der Waals surface area contributed by atoms with E-state index in [1.54, 1.807) is 37.4 Å². The molecule has 1 amide bonds. The van der Waals surface area contributed by atoms with Crippen LogP contribution in [-0.4, -0.2) is 49.5 Å². The molecule has 1 aromatic heterocycles. The Hall–Kier alpha value is -1.97. The minimum absolute atomic E-state index is 0.0557. The molecule has 0 fully saturated rings. The number of amides is 1. The molecule has 0 spiro atoms. The van der Waals surface area contributed by atoms with E-state index in [-0.39, 0.29) is 17.5 Å². The summed E-state index contributed by atoms with van der Waals surface area (Å²) >= 11 is 1.40. The van der Waals surface area contributed by atoms with Gasteiger partial charge in [0.2, 0.25) is 10.0 Å². The molecule has 0 aliphatic heterocycles. The van der Waals surface area contributed by atoms with Gasteiger partial charge in [-0.1, -0.05) is 12.1 Å². The van der Waals surface area contributed by atoms with E-state index in [2.05, 4.69) is 10.3 Å². The highest BCUT2D eigenvalue weighted by Crippen LogP contribution is 2.24. The first kappa shape index (κ1) is 22.3. The first-order valence-corrected chi connectivity index (χ1v) is 11.5. The molecule has 0 radical (unpaired) electrons. The molecule has 1 N–H and O–H groups in total. The number of pyridine rings is 1. The second kappa shape index (κ2) is 10.5. The van der Waals surface area contributed by atoms with Gasteiger partial charge in [-0.15, -0.1) is 11.8 Å². The number of rotatable bonds is 10. The SMILES string of the molecule is CCS(=O)(=O)N(C)CCCNC(=O)c1cccnc1SCc1ccc(F)cc1. The monoisotopic (exact) mass is 425 g/mol. The van der Waals surface area contributed by atoms with Gasteiger partial charge in [0.25, 0.3) is 5.91 Å². The Morgan fingerprint density at radius 2 is 1.96 bits per heavy atom. The third-order valence-electron chi connectivity index (χ3n) is 4.08. The topological polar surface area (TPSA) is 79.4 Å². The number of carbonyl (C=O) groups excluding carboxylic acids is 1. The molecule has 0 unspecified atom stereocenters. The van der Waals surface area contributed by atoms with Gasteiger partial charge in [0.05, 0.1) is 11.3 Å². The minimum atomic E-state index is -3.21. The van der Waals surface area contributed by atoms with Crippen LogP contribution in [0, 0.1) is 5.82 Å². The third kappa shape index (κ3) is 6.57. The van der Waals surface area contributed by atoms with Gasteiger partial charge in [-0.3, -0.25) is 4.79 Å². The molecular weight excluding hydrogens is 401 g/mol. The Morgan fingerprint density at radius 3 is 2.64 bits per heavy atom. The van der Waals surface area contributed by atoms with Crippen molar-refractivity contribution in [2.24, 2.45) is 0 Å². The summed E-state index contributed by atoms with van der Waals surface area (Å²) in [5, 5.41) is 3.40. The number of hydrogen-bond acceptors (Lipinski definition) is 5. The number of aromatic nitrogens is 1. The van der Waals surface area contributed by atoms with Crippen molar-refractivity contribution in [3.63, 3.8) is 0 Å². The molecule has 0 saturated heterocycles. The van der Waals surface area contributed by atoms with E-state index in [0.29, 0.717) is 35.9 Å². The molecule has 2 aromatic rings. The first-order chi connectivity index (χ1) is 13.3. The van der Waals surface area contributed by atoms with Crippen molar-refractivity contribution in [1.82, 2.24) is 14.6 Å². The summed E-state index contributed by atoms with van der Waals surface area (Å²) < 4.78 is 37.7. The minimum Gasteiger partial charge on any atom is -0.352 e. The molecule has 28 heavy (non-hydrogen) atoms. The quantitative estimate of drug-likeness (QED) is 0.468. The van der Waals surface area contributed by atoms with Crippen LogP contribution in [0.25, 0.3) is 0 Å². The second-order valence-corrected chi connectivity index (χ2v) is 9.43. The summed E-state index contributed by atoms with van der Waals surface area (Å²) in [4.78, 5) is 16.7. The van der Waals surface area contributed by atoms with Crippen LogP contribution in [0.2, 0.25) is 0 Å². The molecule has 0 aliphatic carbocycles. The summed E-state index contributed by atoms with van der Waals surface area (Å²) in [6.07, 6.45) is 2.13. The number of halogens is 1. The number of thioether (sulfide) groups is 1. The van der Waals surface area contributed by atoms with E-state index in [0.717, 1.165) is 5.56 Å². The van der Waals surface area contributed by atoms with Crippen LogP contribution in [0.5, 0.6) is 0 Å². The van der Waals surface area contributed by atoms with E-state index in [1.165, 1.54) is 35.2 Å². The molecule has 0 saturated carbocycles. The van der Waals surface area contributed by atoms with Crippen molar-refractivity contribution in [3.05, 3.63) is 59.5 Å². The Kier molecular flexibility index (Phi) is 8.40. The zero-order valence-corrected chi connectivity index (χ0v) is 17.5. The van der Waals surface area contributed by atoms with E-state index < -0.39 is 10.0 Å². The number of nitrogens with zero attached hydrogens (tertiary/aromatic N) is 2. The maximum atomic E-state index is 13.0. The number of sulfonamides is 1. The van der Waals surface area contributed by atoms with Gasteiger partial charge >= 0.3 is 0 Å². The molecule has 9 heteroatoms. The Labute approximate surface area is 169 Å². The standard InChI is InChI=1S/C19H24FN3O3S2/c1-3-28(25,26)23(2)13-5-12-21-18(24)17-6-4-11-22-19(17)27-14-15-7-9-16(20)10-8-15/h4,6-11H,3,5,12-14H2,1-2H3,(H,21,24). The van der Waals surface area contributed by atoms with Crippen molar-refractivity contribution in [1.29, 1.82) is 0 Å². The van der Waals surface area contributed by atoms with Gasteiger partial charge < -0.3 is 5.32 Å². The molecule has 6 nitrogen and oxygen atoms in total. The Morgan fingerprint density at radius 1 is 1.25 bits per heavy atom. The molecule has 0 bridgehead atoms. The summed E-state index contributed by atoms with van der Waals surface area (Å²) in [6, 6.07) is 9.59. The number of hydrogen-bond donors (Lipinski definition) is 1. The van der Waals surface area contributed by atoms with Gasteiger partial charge in [-0.25, -0.2) is 22.1 Å². The van der Waals surface area contributed by atoms with Crippen molar-refractivity contribution in [3.8, 4) is 0 Å². The fourth-order valence-corrected chi connectivity index (χ4v) is 4.16. The molecule has 152 valence electrons. The molecule has 0 atom stereocenters. The van der Waals surface area contributed by atoms with Crippen LogP contribution < -0.4 is 5.32 Å². The molecule has 2 rings (SSSR count). The highest BCUT2D eigenvalue weighted by Gasteiger charge is 2.15. The second-order valence-electron chi connectivity index (χ2n) is 6.10. The fourth-order valence-electron chi connectivity index (χ4n) is 2.37. The van der Waals surface area contributed by atoms with Crippen LogP contribution in [-0.2, 0) is 15.8 Å². The van der Waals surface area contributed by atoms with E-state index >= 15 is 0 Å². The van der Waals surface area contributed by atoms with Crippen LogP contribution >= 0.6 is 11.8 Å². The summed E-state index contributed by atoms with van der Waals surface area (Å²) in [7, 11) is -1.68. The zero-order valence-electron chi connectivity index (χ0n) is 15.9. The predicted octanol–water partition coefficient (Wildman–Crippen LogP) is 2.91.